The second-order valence-corrected chi connectivity index (χ2v) is 10.3. The first kappa shape index (κ1) is 21.4. The van der Waals surface area contributed by atoms with Crippen LogP contribution in [0.15, 0.2) is 71.2 Å². The van der Waals surface area contributed by atoms with Crippen molar-refractivity contribution in [2.24, 2.45) is 0 Å². The van der Waals surface area contributed by atoms with Gasteiger partial charge in [-0.3, -0.25) is 4.72 Å². The van der Waals surface area contributed by atoms with Gasteiger partial charge in [0.25, 0.3) is 10.0 Å². The highest BCUT2D eigenvalue weighted by Crippen LogP contribution is 2.36. The molecule has 0 spiro atoms. The van der Waals surface area contributed by atoms with E-state index in [-0.39, 0.29) is 22.1 Å². The van der Waals surface area contributed by atoms with Gasteiger partial charge in [-0.2, -0.15) is 0 Å². The third-order valence-electron chi connectivity index (χ3n) is 4.70. The van der Waals surface area contributed by atoms with Crippen molar-refractivity contribution in [2.75, 3.05) is 11.3 Å². The van der Waals surface area contributed by atoms with E-state index in [2.05, 4.69) is 4.72 Å². The van der Waals surface area contributed by atoms with E-state index in [0.29, 0.717) is 17.1 Å². The SMILES string of the molecule is Cc1c(S(=O)(=O)Nc2cccc(C(=O)OCCn3cccc3)c2)sc2ccc(Cl)cc12. The van der Waals surface area contributed by atoms with Crippen molar-refractivity contribution in [1.82, 2.24) is 4.57 Å². The number of carbonyl (C=O) groups is 1. The summed E-state index contributed by atoms with van der Waals surface area (Å²) >= 11 is 7.23. The molecule has 9 heteroatoms. The predicted octanol–water partition coefficient (Wildman–Crippen LogP) is 5.32. The summed E-state index contributed by atoms with van der Waals surface area (Å²) in [6.07, 6.45) is 3.76. The predicted molar refractivity (Wildman–Crippen MR) is 124 cm³/mol. The molecule has 0 unspecified atom stereocenters. The molecule has 0 saturated carbocycles. The minimum atomic E-state index is -3.84. The van der Waals surface area contributed by atoms with Crippen molar-refractivity contribution in [3.63, 3.8) is 0 Å². The lowest BCUT2D eigenvalue weighted by Gasteiger charge is -2.10. The third kappa shape index (κ3) is 4.76. The number of hydrogen-bond donors (Lipinski definition) is 1. The van der Waals surface area contributed by atoms with Crippen molar-refractivity contribution in [3.8, 4) is 0 Å². The molecule has 31 heavy (non-hydrogen) atoms. The second kappa shape index (κ2) is 8.74. The van der Waals surface area contributed by atoms with Crippen LogP contribution in [0.2, 0.25) is 5.02 Å². The second-order valence-electron chi connectivity index (χ2n) is 6.90. The molecule has 0 bridgehead atoms. The van der Waals surface area contributed by atoms with E-state index in [0.717, 1.165) is 10.1 Å². The number of ether oxygens (including phenoxy) is 1. The highest BCUT2D eigenvalue weighted by Gasteiger charge is 2.22. The zero-order valence-electron chi connectivity index (χ0n) is 16.5. The number of benzene rings is 2. The molecule has 160 valence electrons. The number of sulfonamides is 1. The highest BCUT2D eigenvalue weighted by molar-refractivity contribution is 7.94. The lowest BCUT2D eigenvalue weighted by molar-refractivity contribution is 0.0491. The van der Waals surface area contributed by atoms with Gasteiger partial charge < -0.3 is 9.30 Å². The number of halogens is 1. The minimum Gasteiger partial charge on any atom is -0.460 e. The zero-order chi connectivity index (χ0) is 22.0. The van der Waals surface area contributed by atoms with Crippen molar-refractivity contribution < 1.29 is 17.9 Å². The number of aromatic nitrogens is 1. The molecule has 4 rings (SSSR count). The van der Waals surface area contributed by atoms with Crippen molar-refractivity contribution in [2.45, 2.75) is 17.7 Å². The van der Waals surface area contributed by atoms with E-state index < -0.39 is 16.0 Å². The number of nitrogens with zero attached hydrogens (tertiary/aromatic N) is 1. The molecule has 2 aromatic heterocycles. The Bertz CT molecular complexity index is 1350. The fourth-order valence-electron chi connectivity index (χ4n) is 3.18. The Kier molecular flexibility index (Phi) is 6.04. The number of nitrogens with one attached hydrogen (secondary N) is 1. The summed E-state index contributed by atoms with van der Waals surface area (Å²) in [4.78, 5) is 12.3. The summed E-state index contributed by atoms with van der Waals surface area (Å²) in [5.74, 6) is -0.513. The fraction of sp³-hybridized carbons (Fsp3) is 0.136. The van der Waals surface area contributed by atoms with Gasteiger partial charge in [-0.1, -0.05) is 17.7 Å². The van der Waals surface area contributed by atoms with E-state index in [9.17, 15) is 13.2 Å². The summed E-state index contributed by atoms with van der Waals surface area (Å²) in [5.41, 5.74) is 1.19. The molecule has 0 radical (unpaired) electrons. The molecule has 0 aliphatic carbocycles. The Morgan fingerprint density at radius 1 is 1.13 bits per heavy atom. The van der Waals surface area contributed by atoms with Gasteiger partial charge in [0.15, 0.2) is 0 Å². The lowest BCUT2D eigenvalue weighted by Crippen LogP contribution is -2.14. The largest absolute Gasteiger partial charge is 0.460 e. The Labute approximate surface area is 189 Å². The monoisotopic (exact) mass is 474 g/mol. The van der Waals surface area contributed by atoms with Gasteiger partial charge in [0.2, 0.25) is 0 Å². The van der Waals surface area contributed by atoms with E-state index in [1.807, 2.05) is 29.1 Å². The summed E-state index contributed by atoms with van der Waals surface area (Å²) in [6, 6.07) is 15.3. The fourth-order valence-corrected chi connectivity index (χ4v) is 6.15. The van der Waals surface area contributed by atoms with Crippen molar-refractivity contribution in [3.05, 3.63) is 83.1 Å². The lowest BCUT2D eigenvalue weighted by atomic mass is 10.2. The van der Waals surface area contributed by atoms with E-state index in [1.54, 1.807) is 43.3 Å². The van der Waals surface area contributed by atoms with Crippen LogP contribution in [-0.2, 0) is 21.3 Å². The highest BCUT2D eigenvalue weighted by atomic mass is 35.5. The molecular weight excluding hydrogens is 456 g/mol. The molecular formula is C22H19ClN2O4S2. The van der Waals surface area contributed by atoms with Crippen LogP contribution in [0.4, 0.5) is 5.69 Å². The molecule has 4 aromatic rings. The van der Waals surface area contributed by atoms with Gasteiger partial charge in [-0.15, -0.1) is 11.3 Å². The van der Waals surface area contributed by atoms with E-state index >= 15 is 0 Å². The molecule has 2 aromatic carbocycles. The normalized spacial score (nSPS) is 11.5. The summed E-state index contributed by atoms with van der Waals surface area (Å²) in [6.45, 7) is 2.51. The molecule has 6 nitrogen and oxygen atoms in total. The van der Waals surface area contributed by atoms with Crippen LogP contribution in [0.1, 0.15) is 15.9 Å². The molecule has 0 saturated heterocycles. The molecule has 0 atom stereocenters. The maximum atomic E-state index is 13.0. The summed E-state index contributed by atoms with van der Waals surface area (Å²) < 4.78 is 36.8. The van der Waals surface area contributed by atoms with Gasteiger partial charge in [0.1, 0.15) is 10.8 Å². The van der Waals surface area contributed by atoms with Gasteiger partial charge in [0, 0.05) is 27.8 Å². The van der Waals surface area contributed by atoms with Crippen LogP contribution in [0, 0.1) is 6.92 Å². The van der Waals surface area contributed by atoms with E-state index in [4.69, 9.17) is 16.3 Å². The number of hydrogen-bond acceptors (Lipinski definition) is 5. The van der Waals surface area contributed by atoms with Gasteiger partial charge in [-0.25, -0.2) is 13.2 Å². The van der Waals surface area contributed by atoms with Crippen LogP contribution in [-0.4, -0.2) is 25.6 Å². The Hall–Kier alpha value is -2.81. The average molecular weight is 475 g/mol. The molecule has 2 heterocycles. The number of rotatable bonds is 7. The number of carbonyl (C=O) groups excluding carboxylic acids is 1. The maximum absolute atomic E-state index is 13.0. The molecule has 0 amide bonds. The Morgan fingerprint density at radius 3 is 2.68 bits per heavy atom. The first-order valence-corrected chi connectivity index (χ1v) is 12.1. The third-order valence-corrected chi connectivity index (χ3v) is 8.21. The molecule has 0 fully saturated rings. The Balaban J connectivity index is 1.50. The van der Waals surface area contributed by atoms with E-state index in [1.165, 1.54) is 17.4 Å². The number of anilines is 1. The van der Waals surface area contributed by atoms with Gasteiger partial charge in [0.05, 0.1) is 12.1 Å². The first-order valence-electron chi connectivity index (χ1n) is 9.43. The van der Waals surface area contributed by atoms with Crippen molar-refractivity contribution in [1.29, 1.82) is 0 Å². The zero-order valence-corrected chi connectivity index (χ0v) is 18.9. The van der Waals surface area contributed by atoms with Crippen LogP contribution < -0.4 is 4.72 Å². The van der Waals surface area contributed by atoms with Crippen LogP contribution in [0.25, 0.3) is 10.1 Å². The summed E-state index contributed by atoms with van der Waals surface area (Å²) in [5, 5.41) is 1.35. The number of thiophene rings is 1. The summed E-state index contributed by atoms with van der Waals surface area (Å²) in [7, 11) is -3.84. The maximum Gasteiger partial charge on any atom is 0.338 e. The molecule has 1 N–H and O–H groups in total. The molecule has 0 aliphatic heterocycles. The number of aryl methyl sites for hydroxylation is 1. The number of esters is 1. The Morgan fingerprint density at radius 2 is 1.90 bits per heavy atom. The standard InChI is InChI=1S/C22H19ClN2O4S2/c1-15-19-14-17(23)7-8-20(19)30-22(15)31(27,28)24-18-6-4-5-16(13-18)21(26)29-12-11-25-9-2-3-10-25/h2-10,13-14,24H,11-12H2,1H3. The quantitative estimate of drug-likeness (QED) is 0.367. The van der Waals surface area contributed by atoms with Crippen molar-refractivity contribution >= 4 is 54.7 Å². The van der Waals surface area contributed by atoms with Crippen LogP contribution in [0.3, 0.4) is 0 Å². The average Bonchev–Trinajstić information content (AvgIpc) is 3.36. The first-order chi connectivity index (χ1) is 14.8. The van der Waals surface area contributed by atoms with Gasteiger partial charge in [-0.05, 0) is 66.4 Å². The smallest absolute Gasteiger partial charge is 0.338 e. The van der Waals surface area contributed by atoms with Gasteiger partial charge >= 0.3 is 5.97 Å². The van der Waals surface area contributed by atoms with Crippen LogP contribution >= 0.6 is 22.9 Å². The van der Waals surface area contributed by atoms with Crippen LogP contribution in [0.5, 0.6) is 0 Å². The minimum absolute atomic E-state index is 0.212. The molecule has 0 aliphatic rings. The topological polar surface area (TPSA) is 77.4 Å². The number of fused-ring (bicyclic) bond motifs is 1.